The lowest BCUT2D eigenvalue weighted by Gasteiger charge is -2.35. The number of piperazine rings is 1. The van der Waals surface area contributed by atoms with Crippen LogP contribution in [0.3, 0.4) is 0 Å². The van der Waals surface area contributed by atoms with Crippen LogP contribution < -0.4 is 10.1 Å². The molecule has 0 radical (unpaired) electrons. The predicted octanol–water partition coefficient (Wildman–Crippen LogP) is 2.68. The average molecular weight is 329 g/mol. The number of nitrogens with one attached hydrogen (secondary N) is 1. The largest absolute Gasteiger partial charge is 0.496 e. The summed E-state index contributed by atoms with van der Waals surface area (Å²) >= 11 is 12.5. The van der Waals surface area contributed by atoms with E-state index in [9.17, 15) is 4.79 Å². The molecule has 114 valence electrons. The molecule has 4 nitrogen and oxygen atoms in total. The van der Waals surface area contributed by atoms with Crippen LogP contribution in [-0.2, 0) is 4.79 Å². The van der Waals surface area contributed by atoms with Crippen molar-refractivity contribution in [1.82, 2.24) is 10.2 Å². The van der Waals surface area contributed by atoms with Crippen LogP contribution in [0.2, 0.25) is 10.0 Å². The van der Waals surface area contributed by atoms with Crippen LogP contribution >= 0.6 is 23.2 Å². The zero-order chi connectivity index (χ0) is 15.1. The average Bonchev–Trinajstić information content (AvgIpc) is 2.91. The smallest absolute Gasteiger partial charge is 0.236 e. The van der Waals surface area contributed by atoms with Crippen LogP contribution in [0.15, 0.2) is 12.1 Å². The van der Waals surface area contributed by atoms with E-state index in [2.05, 4.69) is 12.2 Å². The molecule has 1 N–H and O–H groups in total. The highest BCUT2D eigenvalue weighted by Crippen LogP contribution is 2.44. The summed E-state index contributed by atoms with van der Waals surface area (Å²) in [5.74, 6) is 1.04. The zero-order valence-electron chi connectivity index (χ0n) is 12.0. The van der Waals surface area contributed by atoms with Gasteiger partial charge >= 0.3 is 0 Å². The first-order valence-electron chi connectivity index (χ1n) is 7.07. The number of benzene rings is 1. The van der Waals surface area contributed by atoms with Gasteiger partial charge in [-0.2, -0.15) is 0 Å². The molecule has 2 saturated heterocycles. The number of hydrogen-bond acceptors (Lipinski definition) is 3. The molecule has 3 rings (SSSR count). The predicted molar refractivity (Wildman–Crippen MR) is 83.3 cm³/mol. The molecule has 0 aliphatic carbocycles. The van der Waals surface area contributed by atoms with E-state index < -0.39 is 0 Å². The van der Waals surface area contributed by atoms with Crippen LogP contribution in [-0.4, -0.2) is 43.1 Å². The van der Waals surface area contributed by atoms with Crippen molar-refractivity contribution in [1.29, 1.82) is 0 Å². The summed E-state index contributed by atoms with van der Waals surface area (Å²) in [5.41, 5.74) is 0.918. The lowest BCUT2D eigenvalue weighted by Crippen LogP contribution is -2.56. The second kappa shape index (κ2) is 5.67. The SMILES string of the molecule is COc1ccc(Cl)c(Cl)c1[C@H]1C[C@H]2C(C)NCC(=O)N2C1. The summed E-state index contributed by atoms with van der Waals surface area (Å²) in [6, 6.07) is 4.07. The van der Waals surface area contributed by atoms with Gasteiger partial charge < -0.3 is 15.0 Å². The maximum absolute atomic E-state index is 12.1. The maximum Gasteiger partial charge on any atom is 0.236 e. The summed E-state index contributed by atoms with van der Waals surface area (Å²) in [6.45, 7) is 3.19. The molecule has 3 atom stereocenters. The first-order chi connectivity index (χ1) is 10.0. The second-order valence-corrected chi connectivity index (χ2v) is 6.48. The number of methoxy groups -OCH3 is 1. The molecular formula is C15H18Cl2N2O2. The molecule has 2 aliphatic rings. The van der Waals surface area contributed by atoms with E-state index in [1.165, 1.54) is 0 Å². The summed E-state index contributed by atoms with van der Waals surface area (Å²) < 4.78 is 5.44. The third-order valence-electron chi connectivity index (χ3n) is 4.54. The number of rotatable bonds is 2. The van der Waals surface area contributed by atoms with Gasteiger partial charge in [0.05, 0.1) is 23.7 Å². The first kappa shape index (κ1) is 14.9. The van der Waals surface area contributed by atoms with Crippen molar-refractivity contribution >= 4 is 29.1 Å². The highest BCUT2D eigenvalue weighted by molar-refractivity contribution is 6.42. The molecular weight excluding hydrogens is 311 g/mol. The highest BCUT2D eigenvalue weighted by Gasteiger charge is 2.42. The molecule has 2 fully saturated rings. The number of ether oxygens (including phenoxy) is 1. The van der Waals surface area contributed by atoms with Crippen molar-refractivity contribution < 1.29 is 9.53 Å². The summed E-state index contributed by atoms with van der Waals surface area (Å²) in [7, 11) is 1.63. The number of fused-ring (bicyclic) bond motifs is 1. The van der Waals surface area contributed by atoms with E-state index in [-0.39, 0.29) is 23.9 Å². The molecule has 1 aromatic rings. The molecule has 6 heteroatoms. The van der Waals surface area contributed by atoms with Crippen LogP contribution in [0.1, 0.15) is 24.8 Å². The summed E-state index contributed by atoms with van der Waals surface area (Å²) in [6.07, 6.45) is 0.871. The molecule has 0 saturated carbocycles. The Morgan fingerprint density at radius 1 is 1.38 bits per heavy atom. The minimum absolute atomic E-state index is 0.151. The third-order valence-corrected chi connectivity index (χ3v) is 5.36. The lowest BCUT2D eigenvalue weighted by molar-refractivity contribution is -0.134. The van der Waals surface area contributed by atoms with Gasteiger partial charge in [0.15, 0.2) is 0 Å². The van der Waals surface area contributed by atoms with Gasteiger partial charge in [-0.15, -0.1) is 0 Å². The fraction of sp³-hybridized carbons (Fsp3) is 0.533. The quantitative estimate of drug-likeness (QED) is 0.907. The standard InChI is InChI=1S/C15H18Cl2N2O2/c1-8-11-5-9(7-19(11)13(20)6-18-8)14-12(21-2)4-3-10(16)15(14)17/h3-4,8-9,11,18H,5-7H2,1-2H3/t8?,9-,11-/m0/s1. The fourth-order valence-electron chi connectivity index (χ4n) is 3.43. The van der Waals surface area contributed by atoms with Crippen molar-refractivity contribution in [2.45, 2.75) is 31.3 Å². The fourth-order valence-corrected chi connectivity index (χ4v) is 3.90. The molecule has 0 spiro atoms. The van der Waals surface area contributed by atoms with Gasteiger partial charge in [-0.1, -0.05) is 23.2 Å². The Hall–Kier alpha value is -0.970. The van der Waals surface area contributed by atoms with Crippen molar-refractivity contribution in [3.05, 3.63) is 27.7 Å². The van der Waals surface area contributed by atoms with Gasteiger partial charge in [-0.05, 0) is 25.5 Å². The van der Waals surface area contributed by atoms with Crippen LogP contribution in [0.4, 0.5) is 0 Å². The van der Waals surface area contributed by atoms with E-state index in [1.54, 1.807) is 13.2 Å². The minimum atomic E-state index is 0.151. The van der Waals surface area contributed by atoms with Gasteiger partial charge in [-0.25, -0.2) is 0 Å². The molecule has 0 bridgehead atoms. The topological polar surface area (TPSA) is 41.6 Å². The number of hydrogen-bond donors (Lipinski definition) is 1. The monoisotopic (exact) mass is 328 g/mol. The van der Waals surface area contributed by atoms with Crippen molar-refractivity contribution in [3.8, 4) is 5.75 Å². The summed E-state index contributed by atoms with van der Waals surface area (Å²) in [5, 5.41) is 4.31. The van der Waals surface area contributed by atoms with Crippen LogP contribution in [0.25, 0.3) is 0 Å². The number of nitrogens with zero attached hydrogens (tertiary/aromatic N) is 1. The van der Waals surface area contributed by atoms with Crippen LogP contribution in [0, 0.1) is 0 Å². The van der Waals surface area contributed by atoms with Crippen molar-refractivity contribution in [2.24, 2.45) is 0 Å². The van der Waals surface area contributed by atoms with E-state index in [1.807, 2.05) is 11.0 Å². The maximum atomic E-state index is 12.1. The first-order valence-corrected chi connectivity index (χ1v) is 7.83. The molecule has 2 heterocycles. The Bertz CT molecular complexity index is 579. The number of carbonyl (C=O) groups excluding carboxylic acids is 1. The van der Waals surface area contributed by atoms with Gasteiger partial charge in [0.25, 0.3) is 0 Å². The number of amides is 1. The number of halogens is 2. The number of carbonyl (C=O) groups is 1. The normalized spacial score (nSPS) is 28.7. The zero-order valence-corrected chi connectivity index (χ0v) is 13.5. The molecule has 1 aromatic carbocycles. The molecule has 0 aromatic heterocycles. The Morgan fingerprint density at radius 3 is 2.81 bits per heavy atom. The summed E-state index contributed by atoms with van der Waals surface area (Å²) in [4.78, 5) is 14.0. The minimum Gasteiger partial charge on any atom is -0.496 e. The van der Waals surface area contributed by atoms with Crippen LogP contribution in [0.5, 0.6) is 5.75 Å². The lowest BCUT2D eigenvalue weighted by atomic mass is 9.93. The molecule has 2 aliphatic heterocycles. The van der Waals surface area contributed by atoms with E-state index in [4.69, 9.17) is 27.9 Å². The highest BCUT2D eigenvalue weighted by atomic mass is 35.5. The molecule has 1 amide bonds. The van der Waals surface area contributed by atoms with E-state index in [0.29, 0.717) is 23.1 Å². The molecule has 21 heavy (non-hydrogen) atoms. The Balaban J connectivity index is 1.96. The van der Waals surface area contributed by atoms with Crippen molar-refractivity contribution in [3.63, 3.8) is 0 Å². The third kappa shape index (κ3) is 2.50. The Labute approximate surface area is 134 Å². The van der Waals surface area contributed by atoms with E-state index >= 15 is 0 Å². The van der Waals surface area contributed by atoms with Gasteiger partial charge in [-0.3, -0.25) is 4.79 Å². The van der Waals surface area contributed by atoms with Gasteiger partial charge in [0, 0.05) is 30.1 Å². The van der Waals surface area contributed by atoms with Gasteiger partial charge in [0.1, 0.15) is 5.75 Å². The van der Waals surface area contributed by atoms with E-state index in [0.717, 1.165) is 17.7 Å². The Morgan fingerprint density at radius 2 is 2.14 bits per heavy atom. The molecule has 1 unspecified atom stereocenters. The van der Waals surface area contributed by atoms with Crippen molar-refractivity contribution in [2.75, 3.05) is 20.2 Å². The second-order valence-electron chi connectivity index (χ2n) is 5.69. The van der Waals surface area contributed by atoms with Gasteiger partial charge in [0.2, 0.25) is 5.91 Å². The Kier molecular flexibility index (Phi) is 4.04.